The third kappa shape index (κ3) is 7.79. The first-order chi connectivity index (χ1) is 18.2. The molecule has 3 amide bonds. The Morgan fingerprint density at radius 3 is 2.18 bits per heavy atom. The van der Waals surface area contributed by atoms with E-state index in [9.17, 15) is 36.3 Å². The molecule has 0 spiro atoms. The molecular formula is C23H28ClF5N6O4. The predicted molar refractivity (Wildman–Crippen MR) is 133 cm³/mol. The summed E-state index contributed by atoms with van der Waals surface area (Å²) in [4.78, 5) is 40.5. The van der Waals surface area contributed by atoms with Crippen molar-refractivity contribution in [2.75, 3.05) is 51.7 Å². The second kappa shape index (κ2) is 13.1. The van der Waals surface area contributed by atoms with Crippen LogP contribution in [-0.2, 0) is 20.6 Å². The normalized spacial score (nSPS) is 14.9. The molecular weight excluding hydrogens is 555 g/mol. The van der Waals surface area contributed by atoms with Crippen molar-refractivity contribution in [2.45, 2.75) is 25.4 Å². The molecule has 1 saturated heterocycles. The number of alkyl halides is 5. The largest absolute Gasteiger partial charge is 0.416 e. The number of hydrogen-bond acceptors (Lipinski definition) is 7. The van der Waals surface area contributed by atoms with E-state index in [1.807, 2.05) is 0 Å². The number of allylic oxidation sites excluding steroid dienone is 1. The Morgan fingerprint density at radius 2 is 1.72 bits per heavy atom. The molecule has 1 aromatic carbocycles. The van der Waals surface area contributed by atoms with Crippen LogP contribution in [0.25, 0.3) is 0 Å². The first-order valence-electron chi connectivity index (χ1n) is 11.6. The van der Waals surface area contributed by atoms with E-state index in [0.717, 1.165) is 22.0 Å². The summed E-state index contributed by atoms with van der Waals surface area (Å²) in [6.07, 6.45) is -4.30. The van der Waals surface area contributed by atoms with Gasteiger partial charge in [0, 0.05) is 45.6 Å². The number of benzene rings is 1. The first kappa shape index (κ1) is 31.8. The third-order valence-electron chi connectivity index (χ3n) is 5.81. The molecule has 1 aliphatic rings. The quantitative estimate of drug-likeness (QED) is 0.169. The molecule has 0 atom stereocenters. The monoisotopic (exact) mass is 582 g/mol. The summed E-state index contributed by atoms with van der Waals surface area (Å²) in [5, 5.41) is 17.9. The van der Waals surface area contributed by atoms with Crippen LogP contribution in [0, 0.1) is 0 Å². The fourth-order valence-electron chi connectivity index (χ4n) is 3.78. The fourth-order valence-corrected chi connectivity index (χ4v) is 4.00. The molecule has 16 heteroatoms. The van der Waals surface area contributed by atoms with Crippen molar-refractivity contribution < 1.29 is 41.4 Å². The van der Waals surface area contributed by atoms with Gasteiger partial charge in [-0.25, -0.2) is 5.01 Å². The highest BCUT2D eigenvalue weighted by Crippen LogP contribution is 2.33. The molecule has 1 aromatic rings. The molecule has 0 unspecified atom stereocenters. The van der Waals surface area contributed by atoms with Gasteiger partial charge < -0.3 is 25.5 Å². The van der Waals surface area contributed by atoms with Crippen LogP contribution in [0.1, 0.15) is 18.9 Å². The van der Waals surface area contributed by atoms with Gasteiger partial charge >= 0.3 is 12.1 Å². The van der Waals surface area contributed by atoms with Crippen molar-refractivity contribution in [3.8, 4) is 0 Å². The summed E-state index contributed by atoms with van der Waals surface area (Å²) < 4.78 is 65.9. The van der Waals surface area contributed by atoms with Gasteiger partial charge in [0.1, 0.15) is 18.8 Å². The van der Waals surface area contributed by atoms with Crippen molar-refractivity contribution in [2.24, 2.45) is 5.10 Å². The van der Waals surface area contributed by atoms with Crippen molar-refractivity contribution >= 4 is 41.7 Å². The van der Waals surface area contributed by atoms with Crippen molar-refractivity contribution in [3.63, 3.8) is 0 Å². The second-order valence-corrected chi connectivity index (χ2v) is 8.72. The van der Waals surface area contributed by atoms with Crippen molar-refractivity contribution in [3.05, 3.63) is 40.2 Å². The van der Waals surface area contributed by atoms with E-state index in [2.05, 4.69) is 22.5 Å². The highest BCUT2D eigenvalue weighted by atomic mass is 35.5. The van der Waals surface area contributed by atoms with Crippen LogP contribution in [0.4, 0.5) is 27.6 Å². The average molecular weight is 583 g/mol. The molecule has 1 heterocycles. The Kier molecular flexibility index (Phi) is 10.6. The zero-order valence-corrected chi connectivity index (χ0v) is 21.9. The minimum absolute atomic E-state index is 0.0160. The van der Waals surface area contributed by atoms with Gasteiger partial charge in [0.2, 0.25) is 5.91 Å². The Hall–Kier alpha value is -3.46. The molecule has 1 aliphatic heterocycles. The van der Waals surface area contributed by atoms with E-state index >= 15 is 0 Å². The minimum atomic E-state index is -4.63. The molecule has 10 nitrogen and oxygen atoms in total. The molecule has 216 valence electrons. The summed E-state index contributed by atoms with van der Waals surface area (Å²) in [6.45, 7) is 2.38. The SMILES string of the molecule is C=NN(CC(=O)Nc1ccc(C(F)(F)F)cc1Cl)C(=O)/C(=C(/CC)NC)N1CCN(C(=O)C(F)(F)CO)CC1. The molecule has 39 heavy (non-hydrogen) atoms. The van der Waals surface area contributed by atoms with Crippen LogP contribution in [0.2, 0.25) is 5.02 Å². The number of carbonyl (C=O) groups excluding carboxylic acids is 3. The van der Waals surface area contributed by atoms with E-state index in [1.165, 1.54) is 0 Å². The molecule has 3 N–H and O–H groups in total. The Bertz CT molecular complexity index is 1120. The highest BCUT2D eigenvalue weighted by Gasteiger charge is 2.43. The second-order valence-electron chi connectivity index (χ2n) is 8.32. The van der Waals surface area contributed by atoms with E-state index < -0.39 is 48.5 Å². The van der Waals surface area contributed by atoms with Gasteiger partial charge in [-0.05, 0) is 24.6 Å². The zero-order chi connectivity index (χ0) is 29.5. The smallest absolute Gasteiger partial charge is 0.390 e. The lowest BCUT2D eigenvalue weighted by atomic mass is 10.1. The molecule has 0 aromatic heterocycles. The Balaban J connectivity index is 2.19. The minimum Gasteiger partial charge on any atom is -0.390 e. The number of halogens is 6. The number of nitrogens with one attached hydrogen (secondary N) is 2. The molecule has 0 radical (unpaired) electrons. The van der Waals surface area contributed by atoms with Crippen LogP contribution in [0.5, 0.6) is 0 Å². The summed E-state index contributed by atoms with van der Waals surface area (Å²) in [5.74, 6) is -7.06. The van der Waals surface area contributed by atoms with Crippen LogP contribution >= 0.6 is 11.6 Å². The summed E-state index contributed by atoms with van der Waals surface area (Å²) in [7, 11) is 1.55. The topological polar surface area (TPSA) is 118 Å². The number of carbonyl (C=O) groups is 3. The van der Waals surface area contributed by atoms with Crippen molar-refractivity contribution in [1.82, 2.24) is 20.1 Å². The number of nitrogens with zero attached hydrogens (tertiary/aromatic N) is 4. The van der Waals surface area contributed by atoms with Gasteiger partial charge in [-0.1, -0.05) is 18.5 Å². The lowest BCUT2D eigenvalue weighted by molar-refractivity contribution is -0.164. The number of aliphatic hydroxyl groups excluding tert-OH is 1. The Morgan fingerprint density at radius 1 is 1.13 bits per heavy atom. The zero-order valence-electron chi connectivity index (χ0n) is 21.1. The molecule has 0 aliphatic carbocycles. The number of hydrazone groups is 1. The third-order valence-corrected chi connectivity index (χ3v) is 6.12. The molecule has 1 fully saturated rings. The van der Waals surface area contributed by atoms with Gasteiger partial charge in [0.25, 0.3) is 11.8 Å². The van der Waals surface area contributed by atoms with E-state index in [-0.39, 0.29) is 42.6 Å². The maximum Gasteiger partial charge on any atom is 0.416 e. The maximum absolute atomic E-state index is 13.6. The summed E-state index contributed by atoms with van der Waals surface area (Å²) in [5.41, 5.74) is -0.633. The fraction of sp³-hybridized carbons (Fsp3) is 0.478. The Labute approximate surface area is 226 Å². The van der Waals surface area contributed by atoms with Gasteiger partial charge in [0.15, 0.2) is 0 Å². The standard InChI is InChI=1S/C23H28ClF5N6O4/c1-4-16(30-2)19(33-7-9-34(10-8-33)21(39)22(25,26)13-36)20(38)35(31-3)12-18(37)32-17-6-5-14(11-15(17)24)23(27,28)29/h5-6,11,30,36H,3-4,7-10,12-13H2,1-2H3,(H,32,37)/b19-16+. The molecule has 0 bridgehead atoms. The lowest BCUT2D eigenvalue weighted by Gasteiger charge is -2.39. The number of anilines is 1. The number of rotatable bonds is 10. The van der Waals surface area contributed by atoms with E-state index in [0.29, 0.717) is 18.2 Å². The van der Waals surface area contributed by atoms with Crippen LogP contribution in [-0.4, -0.2) is 96.7 Å². The molecule has 2 rings (SSSR count). The van der Waals surface area contributed by atoms with Gasteiger partial charge in [0.05, 0.1) is 16.3 Å². The van der Waals surface area contributed by atoms with Gasteiger partial charge in [-0.3, -0.25) is 14.4 Å². The number of amides is 3. The predicted octanol–water partition coefficient (Wildman–Crippen LogP) is 2.35. The van der Waals surface area contributed by atoms with Crippen molar-refractivity contribution in [1.29, 1.82) is 0 Å². The molecule has 0 saturated carbocycles. The summed E-state index contributed by atoms with van der Waals surface area (Å²) in [6, 6.07) is 2.35. The van der Waals surface area contributed by atoms with Gasteiger partial charge in [-0.2, -0.15) is 27.1 Å². The first-order valence-corrected chi connectivity index (χ1v) is 12.0. The van der Waals surface area contributed by atoms with Crippen LogP contribution < -0.4 is 10.6 Å². The van der Waals surface area contributed by atoms with E-state index in [4.69, 9.17) is 16.7 Å². The van der Waals surface area contributed by atoms with E-state index in [1.54, 1.807) is 18.9 Å². The lowest BCUT2D eigenvalue weighted by Crippen LogP contribution is -2.55. The van der Waals surface area contributed by atoms with Crippen LogP contribution in [0.3, 0.4) is 0 Å². The maximum atomic E-state index is 13.6. The number of aliphatic hydroxyl groups is 1. The van der Waals surface area contributed by atoms with Gasteiger partial charge in [-0.15, -0.1) is 0 Å². The highest BCUT2D eigenvalue weighted by molar-refractivity contribution is 6.33. The summed E-state index contributed by atoms with van der Waals surface area (Å²) >= 11 is 5.87. The average Bonchev–Trinajstić information content (AvgIpc) is 2.90. The number of hydrogen-bond donors (Lipinski definition) is 3. The van der Waals surface area contributed by atoms with Crippen LogP contribution in [0.15, 0.2) is 34.7 Å². The number of piperazine rings is 1.